The van der Waals surface area contributed by atoms with Crippen LogP contribution in [-0.4, -0.2) is 52.4 Å². The SMILES string of the molecule is Cc1csc(=O)n1CCC(=O)N1CCCN(C(=O)c2ccccc2F)CC1. The molecule has 0 radical (unpaired) electrons. The van der Waals surface area contributed by atoms with Crippen LogP contribution in [0, 0.1) is 12.7 Å². The molecule has 0 bridgehead atoms. The predicted molar refractivity (Wildman–Crippen MR) is 101 cm³/mol. The third-order valence-corrected chi connectivity index (χ3v) is 5.65. The lowest BCUT2D eigenvalue weighted by atomic mass is 10.2. The molecule has 1 aromatic heterocycles. The van der Waals surface area contributed by atoms with Gasteiger partial charge in [0, 0.05) is 50.2 Å². The van der Waals surface area contributed by atoms with Gasteiger partial charge in [0.15, 0.2) is 0 Å². The summed E-state index contributed by atoms with van der Waals surface area (Å²) in [6, 6.07) is 5.94. The number of carbonyl (C=O) groups is 2. The predicted octanol–water partition coefficient (Wildman–Crippen LogP) is 2.12. The first-order chi connectivity index (χ1) is 13.0. The van der Waals surface area contributed by atoms with E-state index < -0.39 is 5.82 Å². The number of halogens is 1. The summed E-state index contributed by atoms with van der Waals surface area (Å²) in [5, 5.41) is 1.78. The summed E-state index contributed by atoms with van der Waals surface area (Å²) in [4.78, 5) is 40.1. The lowest BCUT2D eigenvalue weighted by Gasteiger charge is -2.22. The maximum Gasteiger partial charge on any atom is 0.307 e. The van der Waals surface area contributed by atoms with Crippen molar-refractivity contribution in [3.8, 4) is 0 Å². The molecule has 0 spiro atoms. The number of aryl methyl sites for hydroxylation is 1. The van der Waals surface area contributed by atoms with Gasteiger partial charge in [-0.15, -0.1) is 0 Å². The summed E-state index contributed by atoms with van der Waals surface area (Å²) in [5.41, 5.74) is 0.917. The van der Waals surface area contributed by atoms with Gasteiger partial charge >= 0.3 is 4.87 Å². The average molecular weight is 391 g/mol. The molecule has 0 saturated carbocycles. The van der Waals surface area contributed by atoms with Crippen molar-refractivity contribution < 1.29 is 14.0 Å². The van der Waals surface area contributed by atoms with Crippen molar-refractivity contribution in [3.63, 3.8) is 0 Å². The molecular weight excluding hydrogens is 369 g/mol. The molecule has 144 valence electrons. The van der Waals surface area contributed by atoms with Crippen LogP contribution in [0.15, 0.2) is 34.4 Å². The topological polar surface area (TPSA) is 62.6 Å². The lowest BCUT2D eigenvalue weighted by molar-refractivity contribution is -0.131. The van der Waals surface area contributed by atoms with Gasteiger partial charge in [0.25, 0.3) is 5.91 Å². The Bertz CT molecular complexity index is 892. The minimum absolute atomic E-state index is 0.0345. The molecule has 3 rings (SSSR count). The molecular formula is C19H22FN3O3S. The second-order valence-corrected chi connectivity index (χ2v) is 7.37. The van der Waals surface area contributed by atoms with E-state index in [4.69, 9.17) is 0 Å². The molecule has 1 fully saturated rings. The van der Waals surface area contributed by atoms with Crippen LogP contribution in [0.2, 0.25) is 0 Å². The van der Waals surface area contributed by atoms with E-state index in [0.717, 1.165) is 17.0 Å². The van der Waals surface area contributed by atoms with E-state index in [2.05, 4.69) is 0 Å². The fourth-order valence-electron chi connectivity index (χ4n) is 3.22. The molecule has 1 aromatic carbocycles. The molecule has 2 aromatic rings. The fraction of sp³-hybridized carbons (Fsp3) is 0.421. The number of benzene rings is 1. The Kier molecular flexibility index (Phi) is 6.05. The molecule has 0 aliphatic carbocycles. The first kappa shape index (κ1) is 19.3. The molecule has 6 nitrogen and oxygen atoms in total. The number of nitrogens with zero attached hydrogens (tertiary/aromatic N) is 3. The van der Waals surface area contributed by atoms with Crippen molar-refractivity contribution in [3.05, 3.63) is 56.4 Å². The highest BCUT2D eigenvalue weighted by molar-refractivity contribution is 7.07. The zero-order valence-corrected chi connectivity index (χ0v) is 16.0. The van der Waals surface area contributed by atoms with Crippen LogP contribution in [0.3, 0.4) is 0 Å². The lowest BCUT2D eigenvalue weighted by Crippen LogP contribution is -2.38. The number of aromatic nitrogens is 1. The molecule has 1 aliphatic heterocycles. The molecule has 0 atom stereocenters. The summed E-state index contributed by atoms with van der Waals surface area (Å²) in [6.45, 7) is 4.03. The summed E-state index contributed by atoms with van der Waals surface area (Å²) in [7, 11) is 0. The second kappa shape index (κ2) is 8.47. The maximum absolute atomic E-state index is 13.9. The van der Waals surface area contributed by atoms with Crippen molar-refractivity contribution in [1.82, 2.24) is 14.4 Å². The quantitative estimate of drug-likeness (QED) is 0.802. The average Bonchev–Trinajstić information content (AvgIpc) is 2.86. The van der Waals surface area contributed by atoms with E-state index >= 15 is 0 Å². The Morgan fingerprint density at radius 3 is 2.52 bits per heavy atom. The smallest absolute Gasteiger partial charge is 0.307 e. The molecule has 2 heterocycles. The number of hydrogen-bond donors (Lipinski definition) is 0. The molecule has 1 saturated heterocycles. The Labute approximate surface area is 160 Å². The molecule has 8 heteroatoms. The van der Waals surface area contributed by atoms with Crippen LogP contribution in [0.1, 0.15) is 28.9 Å². The molecule has 1 aliphatic rings. The highest BCUT2D eigenvalue weighted by Crippen LogP contribution is 2.13. The number of thiazole rings is 1. The normalized spacial score (nSPS) is 14.9. The molecule has 27 heavy (non-hydrogen) atoms. The van der Waals surface area contributed by atoms with Gasteiger partial charge in [0.2, 0.25) is 5.91 Å². The van der Waals surface area contributed by atoms with Gasteiger partial charge in [-0.05, 0) is 25.5 Å². The zero-order valence-electron chi connectivity index (χ0n) is 15.2. The van der Waals surface area contributed by atoms with Crippen molar-refractivity contribution in [2.75, 3.05) is 26.2 Å². The van der Waals surface area contributed by atoms with E-state index in [1.54, 1.807) is 31.9 Å². The van der Waals surface area contributed by atoms with Crippen LogP contribution in [0.5, 0.6) is 0 Å². The highest BCUT2D eigenvalue weighted by atomic mass is 32.1. The fourth-order valence-corrected chi connectivity index (χ4v) is 3.98. The minimum Gasteiger partial charge on any atom is -0.341 e. The summed E-state index contributed by atoms with van der Waals surface area (Å²) in [6.07, 6.45) is 0.891. The Balaban J connectivity index is 1.58. The number of hydrogen-bond acceptors (Lipinski definition) is 4. The van der Waals surface area contributed by atoms with Crippen LogP contribution >= 0.6 is 11.3 Å². The van der Waals surface area contributed by atoms with E-state index in [9.17, 15) is 18.8 Å². The summed E-state index contributed by atoms with van der Waals surface area (Å²) in [5.74, 6) is -0.910. The van der Waals surface area contributed by atoms with Crippen molar-refractivity contribution in [2.24, 2.45) is 0 Å². The molecule has 0 unspecified atom stereocenters. The van der Waals surface area contributed by atoms with E-state index in [1.807, 2.05) is 6.92 Å². The standard InChI is InChI=1S/C19H22FN3O3S/c1-14-13-27-19(26)23(14)10-7-17(24)21-8-4-9-22(12-11-21)18(25)15-5-2-3-6-16(15)20/h2-3,5-6,13H,4,7-12H2,1H3. The van der Waals surface area contributed by atoms with Gasteiger partial charge in [0.05, 0.1) is 5.56 Å². The van der Waals surface area contributed by atoms with E-state index in [-0.39, 0.29) is 28.7 Å². The van der Waals surface area contributed by atoms with Crippen LogP contribution in [0.4, 0.5) is 4.39 Å². The minimum atomic E-state index is -0.531. The van der Waals surface area contributed by atoms with Crippen LogP contribution in [-0.2, 0) is 11.3 Å². The van der Waals surface area contributed by atoms with Gasteiger partial charge in [0.1, 0.15) is 5.82 Å². The van der Waals surface area contributed by atoms with Crippen molar-refractivity contribution in [2.45, 2.75) is 26.3 Å². The van der Waals surface area contributed by atoms with Gasteiger partial charge in [-0.1, -0.05) is 23.5 Å². The van der Waals surface area contributed by atoms with Gasteiger partial charge in [-0.3, -0.25) is 14.4 Å². The van der Waals surface area contributed by atoms with Crippen LogP contribution in [0.25, 0.3) is 0 Å². The zero-order chi connectivity index (χ0) is 19.4. The number of carbonyl (C=O) groups excluding carboxylic acids is 2. The third kappa shape index (κ3) is 4.44. The Morgan fingerprint density at radius 2 is 1.81 bits per heavy atom. The van der Waals surface area contributed by atoms with Crippen molar-refractivity contribution in [1.29, 1.82) is 0 Å². The summed E-state index contributed by atoms with van der Waals surface area (Å²) < 4.78 is 15.5. The first-order valence-electron chi connectivity index (χ1n) is 8.94. The number of rotatable bonds is 4. The van der Waals surface area contributed by atoms with Gasteiger partial charge < -0.3 is 14.4 Å². The first-order valence-corrected chi connectivity index (χ1v) is 9.82. The monoisotopic (exact) mass is 391 g/mol. The molecule has 0 N–H and O–H groups in total. The maximum atomic E-state index is 13.9. The van der Waals surface area contributed by atoms with Gasteiger partial charge in [-0.25, -0.2) is 4.39 Å². The molecule has 2 amide bonds. The van der Waals surface area contributed by atoms with Crippen LogP contribution < -0.4 is 4.87 Å². The van der Waals surface area contributed by atoms with E-state index in [1.165, 1.54) is 12.1 Å². The Hall–Kier alpha value is -2.48. The van der Waals surface area contributed by atoms with E-state index in [0.29, 0.717) is 39.1 Å². The number of amides is 2. The highest BCUT2D eigenvalue weighted by Gasteiger charge is 2.24. The summed E-state index contributed by atoms with van der Waals surface area (Å²) >= 11 is 1.13. The largest absolute Gasteiger partial charge is 0.341 e. The van der Waals surface area contributed by atoms with Crippen molar-refractivity contribution >= 4 is 23.2 Å². The van der Waals surface area contributed by atoms with Gasteiger partial charge in [-0.2, -0.15) is 0 Å². The second-order valence-electron chi connectivity index (χ2n) is 6.55. The Morgan fingerprint density at radius 1 is 1.11 bits per heavy atom. The third-order valence-electron chi connectivity index (χ3n) is 4.77.